The summed E-state index contributed by atoms with van der Waals surface area (Å²) >= 11 is 12.3. The molecule has 0 amide bonds. The van der Waals surface area contributed by atoms with Gasteiger partial charge in [-0.25, -0.2) is 0 Å². The van der Waals surface area contributed by atoms with Gasteiger partial charge in [-0.1, -0.05) is 35.0 Å². The van der Waals surface area contributed by atoms with Gasteiger partial charge in [0, 0.05) is 16.3 Å². The van der Waals surface area contributed by atoms with Gasteiger partial charge in [0.25, 0.3) is 0 Å². The Morgan fingerprint density at radius 1 is 1.29 bits per heavy atom. The van der Waals surface area contributed by atoms with E-state index in [4.69, 9.17) is 34.7 Å². The Hall–Kier alpha value is -0.720. The lowest BCUT2D eigenvalue weighted by Gasteiger charge is -2.00. The van der Waals surface area contributed by atoms with Crippen LogP contribution in [0.2, 0.25) is 0 Å². The van der Waals surface area contributed by atoms with Crippen molar-refractivity contribution in [1.29, 1.82) is 0 Å². The van der Waals surface area contributed by atoms with E-state index in [0.717, 1.165) is 0 Å². The molecule has 1 aromatic heterocycles. The molecule has 0 radical (unpaired) electrons. The molecule has 0 spiro atoms. The summed E-state index contributed by atoms with van der Waals surface area (Å²) < 4.78 is 0. The lowest BCUT2D eigenvalue weighted by molar-refractivity contribution is 0.931. The number of nitrogen functional groups attached to an aromatic ring is 2. The fourth-order valence-electron chi connectivity index (χ4n) is 0.618. The third kappa shape index (κ3) is 3.57. The molecule has 0 fully saturated rings. The highest BCUT2D eigenvalue weighted by Gasteiger charge is 2.03. The molecule has 0 saturated heterocycles. The standard InChI is InChI=1S/C6H7Cl2N5S/c7-1-3(8)2-14-6-12-4(9)11-5(10)13-6/h1H,2H2,(H4,9,10,11,12,13)/b3-1-. The van der Waals surface area contributed by atoms with E-state index in [9.17, 15) is 0 Å². The molecule has 4 N–H and O–H groups in total. The van der Waals surface area contributed by atoms with Crippen LogP contribution < -0.4 is 11.5 Å². The monoisotopic (exact) mass is 251 g/mol. The molecule has 14 heavy (non-hydrogen) atoms. The van der Waals surface area contributed by atoms with E-state index in [2.05, 4.69) is 15.0 Å². The van der Waals surface area contributed by atoms with Gasteiger partial charge in [-0.3, -0.25) is 0 Å². The van der Waals surface area contributed by atoms with E-state index in [0.29, 0.717) is 15.9 Å². The smallest absolute Gasteiger partial charge is 0.225 e. The third-order valence-electron chi connectivity index (χ3n) is 1.11. The largest absolute Gasteiger partial charge is 0.368 e. The van der Waals surface area contributed by atoms with Crippen LogP contribution in [0.3, 0.4) is 0 Å². The third-order valence-corrected chi connectivity index (χ3v) is 2.78. The Balaban J connectivity index is 2.67. The molecule has 5 nitrogen and oxygen atoms in total. The van der Waals surface area contributed by atoms with Gasteiger partial charge in [0.15, 0.2) is 5.16 Å². The van der Waals surface area contributed by atoms with Gasteiger partial charge in [0.05, 0.1) is 0 Å². The molecule has 8 heteroatoms. The van der Waals surface area contributed by atoms with Crippen LogP contribution in [0, 0.1) is 0 Å². The van der Waals surface area contributed by atoms with Gasteiger partial charge in [0.2, 0.25) is 11.9 Å². The van der Waals surface area contributed by atoms with Crippen LogP contribution >= 0.6 is 35.0 Å². The number of rotatable bonds is 3. The quantitative estimate of drug-likeness (QED) is 0.791. The normalized spacial score (nSPS) is 11.7. The lowest BCUT2D eigenvalue weighted by Crippen LogP contribution is -2.03. The summed E-state index contributed by atoms with van der Waals surface area (Å²) in [6.07, 6.45) is 0. The van der Waals surface area contributed by atoms with Crippen molar-refractivity contribution in [1.82, 2.24) is 15.0 Å². The Morgan fingerprint density at radius 3 is 2.36 bits per heavy atom. The zero-order chi connectivity index (χ0) is 10.6. The van der Waals surface area contributed by atoms with Crippen molar-refractivity contribution in [2.75, 3.05) is 17.2 Å². The summed E-state index contributed by atoms with van der Waals surface area (Å²) in [5.41, 5.74) is 12.0. The molecule has 0 aliphatic heterocycles. The van der Waals surface area contributed by atoms with Crippen LogP contribution in [-0.2, 0) is 0 Å². The zero-order valence-corrected chi connectivity index (χ0v) is 9.27. The second kappa shape index (κ2) is 5.23. The average Bonchev–Trinajstić information content (AvgIpc) is 2.12. The lowest BCUT2D eigenvalue weighted by atomic mass is 10.7. The number of nitrogens with zero attached hydrogens (tertiary/aromatic N) is 3. The van der Waals surface area contributed by atoms with Crippen LogP contribution in [0.4, 0.5) is 11.9 Å². The second-order valence-corrected chi connectivity index (χ2v) is 3.83. The zero-order valence-electron chi connectivity index (χ0n) is 6.94. The summed E-state index contributed by atoms with van der Waals surface area (Å²) in [4.78, 5) is 11.3. The number of hydrogen-bond acceptors (Lipinski definition) is 6. The Morgan fingerprint density at radius 2 is 1.86 bits per heavy atom. The molecule has 0 atom stereocenters. The molecule has 1 rings (SSSR count). The van der Waals surface area contributed by atoms with Crippen LogP contribution in [0.25, 0.3) is 0 Å². The van der Waals surface area contributed by atoms with Crippen molar-refractivity contribution < 1.29 is 0 Å². The first kappa shape index (κ1) is 11.4. The molecule has 0 saturated carbocycles. The van der Waals surface area contributed by atoms with Crippen LogP contribution in [0.1, 0.15) is 0 Å². The summed E-state index contributed by atoms with van der Waals surface area (Å²) in [6.45, 7) is 0. The highest BCUT2D eigenvalue weighted by Crippen LogP contribution is 2.19. The number of aromatic nitrogens is 3. The van der Waals surface area contributed by atoms with E-state index in [1.54, 1.807) is 0 Å². The fourth-order valence-corrected chi connectivity index (χ4v) is 1.62. The summed E-state index contributed by atoms with van der Waals surface area (Å²) in [5, 5.41) is 0.917. The Bertz CT molecular complexity index is 336. The van der Waals surface area contributed by atoms with Crippen molar-refractivity contribution in [2.45, 2.75) is 5.16 Å². The molecule has 0 bridgehead atoms. The number of halogens is 2. The summed E-state index contributed by atoms with van der Waals surface area (Å²) in [7, 11) is 0. The second-order valence-electron chi connectivity index (χ2n) is 2.18. The summed E-state index contributed by atoms with van der Waals surface area (Å²) in [5.74, 6) is 0.644. The minimum absolute atomic E-state index is 0.0889. The molecule has 1 aromatic rings. The van der Waals surface area contributed by atoms with E-state index < -0.39 is 0 Å². The predicted molar refractivity (Wildman–Crippen MR) is 59.2 cm³/mol. The SMILES string of the molecule is Nc1nc(N)nc(SC/C(Cl)=C/Cl)n1. The molecule has 76 valence electrons. The van der Waals surface area contributed by atoms with Crippen molar-refractivity contribution in [3.8, 4) is 0 Å². The topological polar surface area (TPSA) is 90.7 Å². The van der Waals surface area contributed by atoms with Gasteiger partial charge in [-0.2, -0.15) is 15.0 Å². The van der Waals surface area contributed by atoms with Crippen molar-refractivity contribution in [3.05, 3.63) is 10.6 Å². The van der Waals surface area contributed by atoms with Crippen LogP contribution in [0.15, 0.2) is 15.7 Å². The van der Waals surface area contributed by atoms with Gasteiger partial charge < -0.3 is 11.5 Å². The van der Waals surface area contributed by atoms with Crippen molar-refractivity contribution in [3.63, 3.8) is 0 Å². The highest BCUT2D eigenvalue weighted by molar-refractivity contribution is 7.99. The molecule has 0 aliphatic rings. The minimum Gasteiger partial charge on any atom is -0.368 e. The number of anilines is 2. The van der Waals surface area contributed by atoms with Crippen LogP contribution in [0.5, 0.6) is 0 Å². The van der Waals surface area contributed by atoms with E-state index in [1.807, 2.05) is 0 Å². The van der Waals surface area contributed by atoms with Crippen molar-refractivity contribution >= 4 is 46.9 Å². The van der Waals surface area contributed by atoms with Crippen LogP contribution in [-0.4, -0.2) is 20.7 Å². The van der Waals surface area contributed by atoms with Gasteiger partial charge >= 0.3 is 0 Å². The summed E-state index contributed by atoms with van der Waals surface area (Å²) in [6, 6.07) is 0. The van der Waals surface area contributed by atoms with Gasteiger partial charge in [-0.15, -0.1) is 0 Å². The minimum atomic E-state index is 0.0889. The molecular formula is C6H7Cl2N5S. The molecule has 0 unspecified atom stereocenters. The molecule has 0 aromatic carbocycles. The van der Waals surface area contributed by atoms with Gasteiger partial charge in [-0.05, 0) is 0 Å². The number of nitrogens with two attached hydrogens (primary N) is 2. The first-order valence-corrected chi connectivity index (χ1v) is 5.26. The maximum absolute atomic E-state index is 5.67. The Kier molecular flexibility index (Phi) is 4.24. The van der Waals surface area contributed by atoms with Gasteiger partial charge in [0.1, 0.15) is 0 Å². The first-order valence-electron chi connectivity index (χ1n) is 3.46. The fraction of sp³-hybridized carbons (Fsp3) is 0.167. The number of hydrogen-bond donors (Lipinski definition) is 2. The average molecular weight is 252 g/mol. The molecular weight excluding hydrogens is 245 g/mol. The van der Waals surface area contributed by atoms with E-state index in [-0.39, 0.29) is 11.9 Å². The maximum atomic E-state index is 5.67. The molecule has 0 aliphatic carbocycles. The number of thioether (sulfide) groups is 1. The predicted octanol–water partition coefficient (Wildman–Crippen LogP) is 1.45. The Labute approximate surface area is 94.9 Å². The van der Waals surface area contributed by atoms with E-state index >= 15 is 0 Å². The first-order chi connectivity index (χ1) is 6.61. The highest BCUT2D eigenvalue weighted by atomic mass is 35.5. The molecule has 1 heterocycles. The maximum Gasteiger partial charge on any atom is 0.225 e. The van der Waals surface area contributed by atoms with E-state index in [1.165, 1.54) is 17.3 Å². The van der Waals surface area contributed by atoms with Crippen molar-refractivity contribution in [2.24, 2.45) is 0 Å².